The SMILES string of the molecule is CCc1c(C(C)NS(=O)(=O)c2cccc(C)c2)ccnc1Oc1cccc(N2CCOCC2)c1. The number of benzene rings is 2. The van der Waals surface area contributed by atoms with E-state index in [9.17, 15) is 8.42 Å². The minimum atomic E-state index is -3.67. The zero-order valence-electron chi connectivity index (χ0n) is 19.8. The lowest BCUT2D eigenvalue weighted by molar-refractivity contribution is 0.122. The van der Waals surface area contributed by atoms with Gasteiger partial charge in [0.1, 0.15) is 5.75 Å². The zero-order valence-corrected chi connectivity index (χ0v) is 20.6. The van der Waals surface area contributed by atoms with Gasteiger partial charge in [-0.3, -0.25) is 0 Å². The number of nitrogens with zero attached hydrogens (tertiary/aromatic N) is 2. The molecule has 0 radical (unpaired) electrons. The smallest absolute Gasteiger partial charge is 0.241 e. The highest BCUT2D eigenvalue weighted by Gasteiger charge is 2.22. The van der Waals surface area contributed by atoms with Crippen molar-refractivity contribution < 1.29 is 17.9 Å². The lowest BCUT2D eigenvalue weighted by atomic mass is 10.0. The molecule has 7 nitrogen and oxygen atoms in total. The Morgan fingerprint density at radius 3 is 2.62 bits per heavy atom. The Bertz CT molecular complexity index is 1240. The number of ether oxygens (including phenoxy) is 2. The first kappa shape index (κ1) is 24.2. The highest BCUT2D eigenvalue weighted by Crippen LogP contribution is 2.31. The number of anilines is 1. The van der Waals surface area contributed by atoms with Crippen molar-refractivity contribution in [3.8, 4) is 11.6 Å². The van der Waals surface area contributed by atoms with Gasteiger partial charge < -0.3 is 14.4 Å². The standard InChI is InChI=1S/C26H31N3O4S/c1-4-24-25(20(3)28-34(30,31)23-10-5-7-19(2)17-23)11-12-27-26(24)33-22-9-6-8-21(18-22)29-13-15-32-16-14-29/h5-12,17-18,20,28H,4,13-16H2,1-3H3. The van der Waals surface area contributed by atoms with E-state index < -0.39 is 16.1 Å². The fourth-order valence-electron chi connectivity index (χ4n) is 4.16. The van der Waals surface area contributed by atoms with Gasteiger partial charge in [-0.05, 0) is 61.7 Å². The molecule has 2 aromatic carbocycles. The number of pyridine rings is 1. The Morgan fingerprint density at radius 1 is 1.12 bits per heavy atom. The van der Waals surface area contributed by atoms with E-state index in [0.717, 1.165) is 35.5 Å². The molecule has 2 heterocycles. The number of aromatic nitrogens is 1. The van der Waals surface area contributed by atoms with Crippen LogP contribution in [0.15, 0.2) is 65.7 Å². The molecule has 180 valence electrons. The van der Waals surface area contributed by atoms with Crippen molar-refractivity contribution in [1.29, 1.82) is 0 Å². The molecular weight excluding hydrogens is 450 g/mol. The van der Waals surface area contributed by atoms with Gasteiger partial charge in [0, 0.05) is 42.6 Å². The van der Waals surface area contributed by atoms with Crippen LogP contribution < -0.4 is 14.4 Å². The summed E-state index contributed by atoms with van der Waals surface area (Å²) in [6.07, 6.45) is 2.31. The van der Waals surface area contributed by atoms with Crippen LogP contribution in [-0.4, -0.2) is 39.7 Å². The predicted octanol–water partition coefficient (Wildman–Crippen LogP) is 4.62. The molecule has 1 fully saturated rings. The second-order valence-corrected chi connectivity index (χ2v) is 10.1. The van der Waals surface area contributed by atoms with Crippen LogP contribution in [0.3, 0.4) is 0 Å². The van der Waals surface area contributed by atoms with Crippen molar-refractivity contribution in [2.24, 2.45) is 0 Å². The average Bonchev–Trinajstić information content (AvgIpc) is 2.84. The summed E-state index contributed by atoms with van der Waals surface area (Å²) in [6, 6.07) is 16.2. The highest BCUT2D eigenvalue weighted by atomic mass is 32.2. The van der Waals surface area contributed by atoms with Crippen LogP contribution in [-0.2, 0) is 21.2 Å². The Labute approximate surface area is 201 Å². The van der Waals surface area contributed by atoms with Gasteiger partial charge in [0.15, 0.2) is 0 Å². The number of hydrogen-bond donors (Lipinski definition) is 1. The predicted molar refractivity (Wildman–Crippen MR) is 133 cm³/mol. The summed E-state index contributed by atoms with van der Waals surface area (Å²) in [5.74, 6) is 1.18. The molecule has 4 rings (SSSR count). The summed E-state index contributed by atoms with van der Waals surface area (Å²) in [5.41, 5.74) is 3.68. The second-order valence-electron chi connectivity index (χ2n) is 8.40. The molecule has 1 unspecified atom stereocenters. The van der Waals surface area contributed by atoms with Crippen LogP contribution in [0.4, 0.5) is 5.69 Å². The van der Waals surface area contributed by atoms with Crippen molar-refractivity contribution >= 4 is 15.7 Å². The molecule has 1 N–H and O–H groups in total. The van der Waals surface area contributed by atoms with E-state index >= 15 is 0 Å². The quantitative estimate of drug-likeness (QED) is 0.506. The third kappa shape index (κ3) is 5.58. The molecule has 0 spiro atoms. The van der Waals surface area contributed by atoms with Gasteiger partial charge in [-0.15, -0.1) is 0 Å². The molecule has 8 heteroatoms. The summed E-state index contributed by atoms with van der Waals surface area (Å²) < 4.78 is 40.4. The van der Waals surface area contributed by atoms with Gasteiger partial charge in [-0.25, -0.2) is 18.1 Å². The minimum absolute atomic E-state index is 0.253. The molecule has 1 aliphatic heterocycles. The molecule has 3 aromatic rings. The monoisotopic (exact) mass is 481 g/mol. The van der Waals surface area contributed by atoms with Crippen molar-refractivity contribution in [2.75, 3.05) is 31.2 Å². The van der Waals surface area contributed by atoms with Gasteiger partial charge in [0.05, 0.1) is 18.1 Å². The van der Waals surface area contributed by atoms with Crippen molar-refractivity contribution in [2.45, 2.75) is 38.1 Å². The van der Waals surface area contributed by atoms with Crippen molar-refractivity contribution in [3.63, 3.8) is 0 Å². The average molecular weight is 482 g/mol. The van der Waals surface area contributed by atoms with Crippen LogP contribution in [0.5, 0.6) is 11.6 Å². The van der Waals surface area contributed by atoms with Gasteiger partial charge in [0.2, 0.25) is 15.9 Å². The van der Waals surface area contributed by atoms with Gasteiger partial charge >= 0.3 is 0 Å². The van der Waals surface area contributed by atoms with Crippen LogP contribution in [0.2, 0.25) is 0 Å². The normalized spacial score (nSPS) is 15.2. The van der Waals surface area contributed by atoms with Crippen LogP contribution >= 0.6 is 0 Å². The molecule has 0 saturated carbocycles. The first-order valence-corrected chi connectivity index (χ1v) is 13.0. The molecule has 0 aliphatic carbocycles. The molecule has 1 aromatic heterocycles. The van der Waals surface area contributed by atoms with Gasteiger partial charge in [-0.1, -0.05) is 25.1 Å². The maximum atomic E-state index is 13.0. The maximum absolute atomic E-state index is 13.0. The summed E-state index contributed by atoms with van der Waals surface area (Å²) in [5, 5.41) is 0. The summed E-state index contributed by atoms with van der Waals surface area (Å²) in [4.78, 5) is 6.98. The summed E-state index contributed by atoms with van der Waals surface area (Å²) in [6.45, 7) is 8.84. The number of nitrogens with one attached hydrogen (secondary N) is 1. The Hall–Kier alpha value is -2.94. The number of hydrogen-bond acceptors (Lipinski definition) is 6. The Morgan fingerprint density at radius 2 is 1.88 bits per heavy atom. The molecule has 1 atom stereocenters. The molecule has 0 bridgehead atoms. The van der Waals surface area contributed by atoms with Crippen LogP contribution in [0, 0.1) is 6.92 Å². The number of morpholine rings is 1. The van der Waals surface area contributed by atoms with Gasteiger partial charge in [0.25, 0.3) is 0 Å². The Kier molecular flexibility index (Phi) is 7.50. The first-order chi connectivity index (χ1) is 16.4. The molecule has 1 saturated heterocycles. The molecule has 34 heavy (non-hydrogen) atoms. The fraction of sp³-hybridized carbons (Fsp3) is 0.346. The fourth-order valence-corrected chi connectivity index (χ4v) is 5.49. The van der Waals surface area contributed by atoms with Crippen molar-refractivity contribution in [1.82, 2.24) is 9.71 Å². The van der Waals surface area contributed by atoms with E-state index in [1.165, 1.54) is 0 Å². The Balaban J connectivity index is 1.57. The largest absolute Gasteiger partial charge is 0.439 e. The third-order valence-electron chi connectivity index (χ3n) is 5.91. The van der Waals surface area contributed by atoms with Crippen LogP contribution in [0.1, 0.15) is 36.6 Å². The van der Waals surface area contributed by atoms with Crippen molar-refractivity contribution in [3.05, 3.63) is 77.5 Å². The van der Waals surface area contributed by atoms with E-state index in [1.807, 2.05) is 51.1 Å². The topological polar surface area (TPSA) is 80.8 Å². The first-order valence-electron chi connectivity index (χ1n) is 11.5. The van der Waals surface area contributed by atoms with E-state index in [4.69, 9.17) is 9.47 Å². The number of aryl methyl sites for hydroxylation is 1. The molecular formula is C26H31N3O4S. The van der Waals surface area contributed by atoms with Gasteiger partial charge in [-0.2, -0.15) is 0 Å². The summed E-state index contributed by atoms with van der Waals surface area (Å²) >= 11 is 0. The third-order valence-corrected chi connectivity index (χ3v) is 7.45. The van der Waals surface area contributed by atoms with E-state index in [-0.39, 0.29) is 4.90 Å². The lowest BCUT2D eigenvalue weighted by Crippen LogP contribution is -2.36. The lowest BCUT2D eigenvalue weighted by Gasteiger charge is -2.29. The van der Waals surface area contributed by atoms with E-state index in [0.29, 0.717) is 31.3 Å². The number of sulfonamides is 1. The second kappa shape index (κ2) is 10.5. The number of rotatable bonds is 8. The molecule has 1 aliphatic rings. The van der Waals surface area contributed by atoms with E-state index in [2.05, 4.69) is 20.7 Å². The minimum Gasteiger partial charge on any atom is -0.439 e. The highest BCUT2D eigenvalue weighted by molar-refractivity contribution is 7.89. The maximum Gasteiger partial charge on any atom is 0.241 e. The van der Waals surface area contributed by atoms with Crippen LogP contribution in [0.25, 0.3) is 0 Å². The molecule has 0 amide bonds. The van der Waals surface area contributed by atoms with E-state index in [1.54, 1.807) is 24.4 Å². The summed E-state index contributed by atoms with van der Waals surface area (Å²) in [7, 11) is -3.67. The zero-order chi connectivity index (χ0) is 24.1.